The Morgan fingerprint density at radius 2 is 1.00 bits per heavy atom. The molecule has 0 bridgehead atoms. The minimum Gasteiger partial charge on any atom is -0.368 e. The molecule has 2 N–H and O–H groups in total. The van der Waals surface area contributed by atoms with E-state index in [1.165, 1.54) is 64.2 Å². The number of hydrogen-bond donors (Lipinski definition) is 2. The zero-order valence-electron chi connectivity index (χ0n) is 12.4. The Bertz CT molecular complexity index is 206. The molecular formula is C17H32O2. The summed E-state index contributed by atoms with van der Waals surface area (Å²) >= 11 is 0. The molecule has 112 valence electrons. The second kappa shape index (κ2) is 15.5. The van der Waals surface area contributed by atoms with E-state index in [0.29, 0.717) is 6.42 Å². The fraction of sp³-hybridized carbons (Fsp3) is 0.882. The molecule has 2 heteroatoms. The van der Waals surface area contributed by atoms with Gasteiger partial charge in [0.15, 0.2) is 6.29 Å². The number of aliphatic hydroxyl groups excluding tert-OH is 1. The smallest absolute Gasteiger partial charge is 0.151 e. The van der Waals surface area contributed by atoms with Gasteiger partial charge in [-0.1, -0.05) is 64.2 Å². The molecule has 0 saturated carbocycles. The summed E-state index contributed by atoms with van der Waals surface area (Å²) in [7, 11) is 0. The van der Waals surface area contributed by atoms with E-state index in [-0.39, 0.29) is 0 Å². The average Bonchev–Trinajstić information content (AvgIpc) is 2.39. The molecule has 0 aromatic carbocycles. The van der Waals surface area contributed by atoms with E-state index in [2.05, 4.69) is 5.92 Å². The number of aliphatic hydroxyl groups is 2. The van der Waals surface area contributed by atoms with Crippen LogP contribution in [0.15, 0.2) is 0 Å². The van der Waals surface area contributed by atoms with Crippen molar-refractivity contribution in [3.63, 3.8) is 0 Å². The van der Waals surface area contributed by atoms with E-state index < -0.39 is 6.29 Å². The standard InChI is InChI=1S/C17H32O2/c1-2-3-4-5-6-7-8-9-10-11-12-13-14-15-16-17(18)19/h1,17-19H,3-16H2. The van der Waals surface area contributed by atoms with Crippen LogP contribution < -0.4 is 0 Å². The van der Waals surface area contributed by atoms with Gasteiger partial charge in [0, 0.05) is 6.42 Å². The number of unbranched alkanes of at least 4 members (excludes halogenated alkanes) is 12. The zero-order valence-corrected chi connectivity index (χ0v) is 12.4. The van der Waals surface area contributed by atoms with Crippen molar-refractivity contribution < 1.29 is 10.2 Å². The van der Waals surface area contributed by atoms with Crippen LogP contribution in [0, 0.1) is 12.3 Å². The first-order valence-corrected chi connectivity index (χ1v) is 8.07. The maximum absolute atomic E-state index is 8.69. The van der Waals surface area contributed by atoms with Crippen LogP contribution in [0.2, 0.25) is 0 Å². The van der Waals surface area contributed by atoms with Crippen molar-refractivity contribution in [1.29, 1.82) is 0 Å². The SMILES string of the molecule is C#CCCCCCCCCCCCCCCC(O)O. The monoisotopic (exact) mass is 268 g/mol. The highest BCUT2D eigenvalue weighted by atomic mass is 16.5. The van der Waals surface area contributed by atoms with Gasteiger partial charge in [-0.3, -0.25) is 0 Å². The van der Waals surface area contributed by atoms with Gasteiger partial charge in [0.05, 0.1) is 0 Å². The quantitative estimate of drug-likeness (QED) is 0.279. The molecule has 0 fully saturated rings. The van der Waals surface area contributed by atoms with Crippen LogP contribution in [0.3, 0.4) is 0 Å². The summed E-state index contributed by atoms with van der Waals surface area (Å²) in [4.78, 5) is 0. The Balaban J connectivity index is 2.94. The third kappa shape index (κ3) is 17.5. The normalized spacial score (nSPS) is 10.8. The Morgan fingerprint density at radius 3 is 1.37 bits per heavy atom. The first-order chi connectivity index (χ1) is 9.27. The lowest BCUT2D eigenvalue weighted by Crippen LogP contribution is -2.02. The van der Waals surface area contributed by atoms with Crippen molar-refractivity contribution in [2.75, 3.05) is 0 Å². The van der Waals surface area contributed by atoms with Crippen LogP contribution in [0.5, 0.6) is 0 Å². The van der Waals surface area contributed by atoms with Crippen molar-refractivity contribution in [1.82, 2.24) is 0 Å². The third-order valence-corrected chi connectivity index (χ3v) is 3.53. The second-order valence-electron chi connectivity index (χ2n) is 5.47. The van der Waals surface area contributed by atoms with Gasteiger partial charge in [-0.05, 0) is 19.3 Å². The van der Waals surface area contributed by atoms with E-state index in [1.54, 1.807) is 0 Å². The molecule has 0 aromatic rings. The van der Waals surface area contributed by atoms with Crippen molar-refractivity contribution in [2.45, 2.75) is 96.2 Å². The van der Waals surface area contributed by atoms with Crippen LogP contribution in [0.4, 0.5) is 0 Å². The molecule has 0 amide bonds. The number of terminal acetylenes is 1. The summed E-state index contributed by atoms with van der Waals surface area (Å²) in [6, 6.07) is 0. The van der Waals surface area contributed by atoms with Crippen molar-refractivity contribution >= 4 is 0 Å². The lowest BCUT2D eigenvalue weighted by Gasteiger charge is -2.04. The Kier molecular flexibility index (Phi) is 15.1. The molecule has 0 atom stereocenters. The van der Waals surface area contributed by atoms with Gasteiger partial charge in [-0.25, -0.2) is 0 Å². The molecule has 0 aliphatic rings. The number of hydrogen-bond acceptors (Lipinski definition) is 2. The Hall–Kier alpha value is -0.520. The summed E-state index contributed by atoms with van der Waals surface area (Å²) in [5.41, 5.74) is 0. The molecule has 0 saturated heterocycles. The van der Waals surface area contributed by atoms with E-state index in [1.807, 2.05) is 0 Å². The lowest BCUT2D eigenvalue weighted by atomic mass is 10.0. The molecule has 0 spiro atoms. The highest BCUT2D eigenvalue weighted by Gasteiger charge is 1.97. The van der Waals surface area contributed by atoms with Crippen LogP contribution >= 0.6 is 0 Å². The molecule has 0 heterocycles. The van der Waals surface area contributed by atoms with Gasteiger partial charge in [-0.2, -0.15) is 0 Å². The molecule has 0 unspecified atom stereocenters. The second-order valence-corrected chi connectivity index (χ2v) is 5.47. The van der Waals surface area contributed by atoms with Gasteiger partial charge in [0.1, 0.15) is 0 Å². The molecule has 0 radical (unpaired) electrons. The van der Waals surface area contributed by atoms with Gasteiger partial charge in [-0.15, -0.1) is 12.3 Å². The summed E-state index contributed by atoms with van der Waals surface area (Å²) in [5.74, 6) is 2.69. The van der Waals surface area contributed by atoms with E-state index in [9.17, 15) is 0 Å². The summed E-state index contributed by atoms with van der Waals surface area (Å²) in [6.45, 7) is 0. The lowest BCUT2D eigenvalue weighted by molar-refractivity contribution is -0.0466. The molecular weight excluding hydrogens is 236 g/mol. The van der Waals surface area contributed by atoms with Gasteiger partial charge in [0.25, 0.3) is 0 Å². The molecule has 2 nitrogen and oxygen atoms in total. The third-order valence-electron chi connectivity index (χ3n) is 3.53. The molecule has 0 rings (SSSR count). The summed E-state index contributed by atoms with van der Waals surface area (Å²) in [6.07, 6.45) is 20.8. The minimum absolute atomic E-state index is 0.527. The fourth-order valence-electron chi connectivity index (χ4n) is 2.32. The largest absolute Gasteiger partial charge is 0.368 e. The van der Waals surface area contributed by atoms with Crippen LogP contribution in [-0.4, -0.2) is 16.5 Å². The Labute approximate surface area is 119 Å². The van der Waals surface area contributed by atoms with Gasteiger partial charge in [0.2, 0.25) is 0 Å². The van der Waals surface area contributed by atoms with E-state index in [0.717, 1.165) is 19.3 Å². The van der Waals surface area contributed by atoms with Crippen molar-refractivity contribution in [2.24, 2.45) is 0 Å². The average molecular weight is 268 g/mol. The van der Waals surface area contributed by atoms with Crippen molar-refractivity contribution in [3.05, 3.63) is 0 Å². The fourth-order valence-corrected chi connectivity index (χ4v) is 2.32. The molecule has 0 aliphatic heterocycles. The molecule has 0 aliphatic carbocycles. The Morgan fingerprint density at radius 1 is 0.632 bits per heavy atom. The molecule has 19 heavy (non-hydrogen) atoms. The van der Waals surface area contributed by atoms with Crippen molar-refractivity contribution in [3.8, 4) is 12.3 Å². The predicted octanol–water partition coefficient (Wildman–Crippen LogP) is 4.39. The highest BCUT2D eigenvalue weighted by molar-refractivity contribution is 4.82. The molecule has 0 aromatic heterocycles. The maximum atomic E-state index is 8.69. The van der Waals surface area contributed by atoms with Crippen LogP contribution in [0.1, 0.15) is 89.9 Å². The topological polar surface area (TPSA) is 40.5 Å². The van der Waals surface area contributed by atoms with Crippen LogP contribution in [0.25, 0.3) is 0 Å². The minimum atomic E-state index is -1.11. The van der Waals surface area contributed by atoms with Crippen LogP contribution in [-0.2, 0) is 0 Å². The maximum Gasteiger partial charge on any atom is 0.151 e. The zero-order chi connectivity index (χ0) is 14.2. The van der Waals surface area contributed by atoms with Gasteiger partial charge >= 0.3 is 0 Å². The number of rotatable bonds is 14. The first-order valence-electron chi connectivity index (χ1n) is 8.07. The summed E-state index contributed by atoms with van der Waals surface area (Å²) in [5, 5.41) is 17.4. The summed E-state index contributed by atoms with van der Waals surface area (Å²) < 4.78 is 0. The first kappa shape index (κ1) is 18.5. The van der Waals surface area contributed by atoms with E-state index >= 15 is 0 Å². The van der Waals surface area contributed by atoms with E-state index in [4.69, 9.17) is 16.6 Å². The van der Waals surface area contributed by atoms with Gasteiger partial charge < -0.3 is 10.2 Å². The predicted molar refractivity (Wildman–Crippen MR) is 81.7 cm³/mol. The highest BCUT2D eigenvalue weighted by Crippen LogP contribution is 2.13.